The molecule has 9 rings (SSSR count). The summed E-state index contributed by atoms with van der Waals surface area (Å²) in [7, 11) is 0. The topological polar surface area (TPSA) is 3.24 Å². The van der Waals surface area contributed by atoms with Crippen molar-refractivity contribution in [1.29, 1.82) is 0 Å². The molecule has 0 fully saturated rings. The fraction of sp³-hybridized carbons (Fsp3) is 0.234. The molecule has 3 aliphatic carbocycles. The lowest BCUT2D eigenvalue weighted by Crippen LogP contribution is -2.19. The van der Waals surface area contributed by atoms with Crippen molar-refractivity contribution in [2.24, 2.45) is 0 Å². The second-order valence-electron chi connectivity index (χ2n) is 14.6. The predicted molar refractivity (Wildman–Crippen MR) is 203 cm³/mol. The van der Waals surface area contributed by atoms with Gasteiger partial charge in [0, 0.05) is 22.4 Å². The van der Waals surface area contributed by atoms with Gasteiger partial charge in [0.15, 0.2) is 0 Å². The molecule has 48 heavy (non-hydrogen) atoms. The number of fused-ring (bicyclic) bond motifs is 5. The Labute approximate surface area is 285 Å². The minimum Gasteiger partial charge on any atom is -0.310 e. The number of rotatable bonds is 5. The third-order valence-corrected chi connectivity index (χ3v) is 11.4. The Hall–Kier alpha value is -4.88. The third kappa shape index (κ3) is 4.83. The highest BCUT2D eigenvalue weighted by atomic mass is 15.1. The fourth-order valence-corrected chi connectivity index (χ4v) is 8.87. The van der Waals surface area contributed by atoms with Gasteiger partial charge in [-0.2, -0.15) is 0 Å². The van der Waals surface area contributed by atoms with Crippen LogP contribution in [0.25, 0.3) is 33.4 Å². The molecule has 6 aromatic rings. The highest BCUT2D eigenvalue weighted by molar-refractivity contribution is 5.95. The van der Waals surface area contributed by atoms with Crippen molar-refractivity contribution in [3.05, 3.63) is 161 Å². The molecule has 0 heterocycles. The van der Waals surface area contributed by atoms with E-state index in [1.807, 2.05) is 0 Å². The van der Waals surface area contributed by atoms with Crippen LogP contribution in [0.3, 0.4) is 0 Å². The smallest absolute Gasteiger partial charge is 0.0543 e. The first kappa shape index (κ1) is 29.3. The van der Waals surface area contributed by atoms with Crippen LogP contribution in [0.1, 0.15) is 72.9 Å². The van der Waals surface area contributed by atoms with Gasteiger partial charge in [-0.05, 0) is 143 Å². The first-order chi connectivity index (χ1) is 23.6. The van der Waals surface area contributed by atoms with Gasteiger partial charge in [0.05, 0.1) is 5.69 Å². The van der Waals surface area contributed by atoms with E-state index in [4.69, 9.17) is 0 Å². The first-order valence-corrected chi connectivity index (χ1v) is 18.0. The lowest BCUT2D eigenvalue weighted by molar-refractivity contribution is 0.660. The molecular formula is C47H43N. The average molecular weight is 622 g/mol. The SMILES string of the molecule is CC1(C)c2ccccc2-c2cc(-c3ccc4c(c3)CCCC4)c(N(c3ccc(-c4ccccc4)cc3)c3cccc4c3CCCC4)cc21. The zero-order chi connectivity index (χ0) is 32.2. The van der Waals surface area contributed by atoms with Crippen LogP contribution >= 0.6 is 0 Å². The van der Waals surface area contributed by atoms with Gasteiger partial charge in [-0.25, -0.2) is 0 Å². The highest BCUT2D eigenvalue weighted by Gasteiger charge is 2.37. The Morgan fingerprint density at radius 1 is 0.438 bits per heavy atom. The van der Waals surface area contributed by atoms with E-state index in [0.717, 1.165) is 12.8 Å². The van der Waals surface area contributed by atoms with Crippen molar-refractivity contribution in [3.63, 3.8) is 0 Å². The van der Waals surface area contributed by atoms with Gasteiger partial charge in [-0.15, -0.1) is 0 Å². The largest absolute Gasteiger partial charge is 0.310 e. The van der Waals surface area contributed by atoms with E-state index in [9.17, 15) is 0 Å². The Bertz CT molecular complexity index is 2150. The summed E-state index contributed by atoms with van der Waals surface area (Å²) in [6.07, 6.45) is 9.76. The zero-order valence-electron chi connectivity index (χ0n) is 28.2. The molecule has 236 valence electrons. The minimum atomic E-state index is -0.0893. The summed E-state index contributed by atoms with van der Waals surface area (Å²) in [5, 5.41) is 0. The van der Waals surface area contributed by atoms with E-state index in [1.165, 1.54) is 122 Å². The third-order valence-electron chi connectivity index (χ3n) is 11.4. The standard InChI is InChI=1S/C47H43N/c1-47(2)43-21-11-10-20-40(43)42-30-41(37-24-23-33-15-6-7-17-36(33)29-37)46(31-44(42)47)48(45-22-12-18-35-16-8-9-19-39(35)45)38-27-25-34(26-28-38)32-13-4-3-5-14-32/h3-5,10-14,18,20-31H,6-9,15-17,19H2,1-2H3. The molecule has 0 unspecified atom stereocenters. The molecule has 0 saturated carbocycles. The lowest BCUT2D eigenvalue weighted by Gasteiger charge is -2.33. The summed E-state index contributed by atoms with van der Waals surface area (Å²) in [5.74, 6) is 0. The van der Waals surface area contributed by atoms with E-state index < -0.39 is 0 Å². The second kappa shape index (κ2) is 11.7. The molecule has 3 aliphatic rings. The molecular weight excluding hydrogens is 579 g/mol. The Morgan fingerprint density at radius 2 is 1.12 bits per heavy atom. The minimum absolute atomic E-state index is 0.0893. The van der Waals surface area contributed by atoms with Crippen molar-refractivity contribution >= 4 is 17.1 Å². The Kier molecular flexibility index (Phi) is 7.12. The number of hydrogen-bond donors (Lipinski definition) is 0. The Balaban J connectivity index is 1.31. The zero-order valence-corrected chi connectivity index (χ0v) is 28.2. The number of anilines is 3. The summed E-state index contributed by atoms with van der Waals surface area (Å²) < 4.78 is 0. The average Bonchev–Trinajstić information content (AvgIpc) is 3.37. The molecule has 6 aromatic carbocycles. The van der Waals surface area contributed by atoms with Gasteiger partial charge in [0.25, 0.3) is 0 Å². The van der Waals surface area contributed by atoms with Gasteiger partial charge in [0.1, 0.15) is 0 Å². The van der Waals surface area contributed by atoms with Crippen LogP contribution in [0, 0.1) is 0 Å². The molecule has 0 spiro atoms. The van der Waals surface area contributed by atoms with Crippen LogP contribution < -0.4 is 4.90 Å². The van der Waals surface area contributed by atoms with Gasteiger partial charge in [-0.1, -0.05) is 111 Å². The quantitative estimate of drug-likeness (QED) is 0.185. The van der Waals surface area contributed by atoms with E-state index in [2.05, 4.69) is 146 Å². The first-order valence-electron chi connectivity index (χ1n) is 18.0. The van der Waals surface area contributed by atoms with Gasteiger partial charge in [-0.3, -0.25) is 0 Å². The van der Waals surface area contributed by atoms with E-state index >= 15 is 0 Å². The maximum absolute atomic E-state index is 2.60. The van der Waals surface area contributed by atoms with Crippen molar-refractivity contribution in [3.8, 4) is 33.4 Å². The molecule has 0 atom stereocenters. The van der Waals surface area contributed by atoms with Crippen LogP contribution in [0.2, 0.25) is 0 Å². The van der Waals surface area contributed by atoms with Gasteiger partial charge < -0.3 is 4.90 Å². The summed E-state index contributed by atoms with van der Waals surface area (Å²) >= 11 is 0. The molecule has 1 heteroatoms. The molecule has 1 nitrogen and oxygen atoms in total. The summed E-state index contributed by atoms with van der Waals surface area (Å²) in [5.41, 5.74) is 20.5. The monoisotopic (exact) mass is 621 g/mol. The summed E-state index contributed by atoms with van der Waals surface area (Å²) in [6, 6.07) is 48.6. The molecule has 0 radical (unpaired) electrons. The molecule has 0 aliphatic heterocycles. The van der Waals surface area contributed by atoms with Crippen molar-refractivity contribution in [2.75, 3.05) is 4.90 Å². The van der Waals surface area contributed by atoms with Crippen LogP contribution in [-0.2, 0) is 31.1 Å². The molecule has 0 saturated heterocycles. The maximum atomic E-state index is 2.60. The van der Waals surface area contributed by atoms with Crippen LogP contribution in [0.5, 0.6) is 0 Å². The summed E-state index contributed by atoms with van der Waals surface area (Å²) in [4.78, 5) is 2.60. The molecule has 0 aromatic heterocycles. The highest BCUT2D eigenvalue weighted by Crippen LogP contribution is 2.54. The predicted octanol–water partition coefficient (Wildman–Crippen LogP) is 12.6. The van der Waals surface area contributed by atoms with Crippen molar-refractivity contribution < 1.29 is 0 Å². The fourth-order valence-electron chi connectivity index (χ4n) is 8.87. The van der Waals surface area contributed by atoms with Gasteiger partial charge in [0.2, 0.25) is 0 Å². The second-order valence-corrected chi connectivity index (χ2v) is 14.6. The van der Waals surface area contributed by atoms with E-state index in [0.29, 0.717) is 0 Å². The van der Waals surface area contributed by atoms with Crippen molar-refractivity contribution in [2.45, 2.75) is 70.6 Å². The Morgan fingerprint density at radius 3 is 1.96 bits per heavy atom. The van der Waals surface area contributed by atoms with E-state index in [1.54, 1.807) is 0 Å². The summed E-state index contributed by atoms with van der Waals surface area (Å²) in [6.45, 7) is 4.81. The number of aryl methyl sites for hydroxylation is 3. The van der Waals surface area contributed by atoms with Crippen molar-refractivity contribution in [1.82, 2.24) is 0 Å². The van der Waals surface area contributed by atoms with Gasteiger partial charge >= 0.3 is 0 Å². The number of nitrogens with zero attached hydrogens (tertiary/aromatic N) is 1. The van der Waals surface area contributed by atoms with Crippen LogP contribution in [0.4, 0.5) is 17.1 Å². The molecule has 0 N–H and O–H groups in total. The number of benzene rings is 6. The van der Waals surface area contributed by atoms with Crippen LogP contribution in [-0.4, -0.2) is 0 Å². The lowest BCUT2D eigenvalue weighted by atomic mass is 9.81. The van der Waals surface area contributed by atoms with E-state index in [-0.39, 0.29) is 5.41 Å². The van der Waals surface area contributed by atoms with Crippen LogP contribution in [0.15, 0.2) is 127 Å². The maximum Gasteiger partial charge on any atom is 0.0543 e. The molecule has 0 amide bonds. The normalized spacial score (nSPS) is 15.6. The number of hydrogen-bond acceptors (Lipinski definition) is 1. The molecule has 0 bridgehead atoms.